The molecule has 102 valence electrons. The Kier molecular flexibility index (Phi) is 4.58. The number of ether oxygens (including phenoxy) is 2. The third kappa shape index (κ3) is 3.73. The topological polar surface area (TPSA) is 79.5 Å². The summed E-state index contributed by atoms with van der Waals surface area (Å²) >= 11 is 1.59. The van der Waals surface area contributed by atoms with E-state index in [0.29, 0.717) is 12.4 Å². The van der Waals surface area contributed by atoms with Crippen molar-refractivity contribution in [1.29, 1.82) is 5.26 Å². The van der Waals surface area contributed by atoms with Crippen molar-refractivity contribution in [2.45, 2.75) is 12.7 Å². The van der Waals surface area contributed by atoms with Crippen LogP contribution >= 0.6 is 11.3 Å². The lowest BCUT2D eigenvalue weighted by Gasteiger charge is -2.10. The van der Waals surface area contributed by atoms with E-state index in [1.165, 1.54) is 0 Å². The molecule has 0 radical (unpaired) electrons. The number of nitriles is 1. The molecule has 0 spiro atoms. The second kappa shape index (κ2) is 6.59. The monoisotopic (exact) mass is 289 g/mol. The Labute approximate surface area is 119 Å². The van der Waals surface area contributed by atoms with Crippen LogP contribution in [0.4, 0.5) is 0 Å². The summed E-state index contributed by atoms with van der Waals surface area (Å²) < 4.78 is 10.6. The van der Waals surface area contributed by atoms with Crippen LogP contribution in [0.15, 0.2) is 41.1 Å². The number of aliphatic carboxylic acids is 1. The summed E-state index contributed by atoms with van der Waals surface area (Å²) in [7, 11) is 0. The third-order valence-electron chi connectivity index (χ3n) is 2.39. The quantitative estimate of drug-likeness (QED) is 0.884. The first-order valence-corrected chi connectivity index (χ1v) is 6.66. The average molecular weight is 289 g/mol. The van der Waals surface area contributed by atoms with E-state index < -0.39 is 12.1 Å². The van der Waals surface area contributed by atoms with Crippen molar-refractivity contribution in [1.82, 2.24) is 0 Å². The molecule has 0 saturated heterocycles. The Balaban J connectivity index is 2.00. The summed E-state index contributed by atoms with van der Waals surface area (Å²) in [6.07, 6.45) is -1.53. The van der Waals surface area contributed by atoms with Gasteiger partial charge in [0, 0.05) is 6.07 Å². The normalized spacial score (nSPS) is 11.3. The van der Waals surface area contributed by atoms with E-state index in [1.54, 1.807) is 41.7 Å². The maximum atomic E-state index is 10.7. The van der Waals surface area contributed by atoms with Crippen LogP contribution in [0, 0.1) is 11.3 Å². The predicted octanol–water partition coefficient (Wildman–Crippen LogP) is 2.68. The standard InChI is InChI=1S/C14H11NO4S/c15-7-13(14(16)17)19-12-3-1-2-11(6-12)18-8-10-4-5-20-9-10/h1-6,9,13H,8H2,(H,16,17). The Bertz CT molecular complexity index is 618. The molecule has 1 aromatic carbocycles. The highest BCUT2D eigenvalue weighted by Gasteiger charge is 2.18. The Morgan fingerprint density at radius 2 is 2.20 bits per heavy atom. The van der Waals surface area contributed by atoms with Gasteiger partial charge in [-0.05, 0) is 34.5 Å². The maximum Gasteiger partial charge on any atom is 0.359 e. The summed E-state index contributed by atoms with van der Waals surface area (Å²) in [5.74, 6) is -0.491. The Morgan fingerprint density at radius 3 is 2.85 bits per heavy atom. The van der Waals surface area contributed by atoms with E-state index in [4.69, 9.17) is 19.8 Å². The van der Waals surface area contributed by atoms with Gasteiger partial charge in [-0.1, -0.05) is 6.07 Å². The fourth-order valence-corrected chi connectivity index (χ4v) is 2.10. The number of hydrogen-bond acceptors (Lipinski definition) is 5. The molecular formula is C14H11NO4S. The number of carboxylic acids is 1. The zero-order valence-corrected chi connectivity index (χ0v) is 11.2. The first-order valence-electron chi connectivity index (χ1n) is 5.72. The van der Waals surface area contributed by atoms with Gasteiger partial charge in [-0.2, -0.15) is 16.6 Å². The number of thiophene rings is 1. The van der Waals surface area contributed by atoms with Gasteiger partial charge < -0.3 is 14.6 Å². The molecule has 1 unspecified atom stereocenters. The molecule has 0 fully saturated rings. The van der Waals surface area contributed by atoms with E-state index >= 15 is 0 Å². The number of carbonyl (C=O) groups is 1. The SMILES string of the molecule is N#CC(Oc1cccc(OCc2ccsc2)c1)C(=O)O. The minimum absolute atomic E-state index is 0.279. The highest BCUT2D eigenvalue weighted by Crippen LogP contribution is 2.21. The third-order valence-corrected chi connectivity index (χ3v) is 3.12. The van der Waals surface area contributed by atoms with Gasteiger partial charge in [-0.15, -0.1) is 0 Å². The molecule has 0 amide bonds. The average Bonchev–Trinajstić information content (AvgIpc) is 2.96. The molecule has 6 heteroatoms. The van der Waals surface area contributed by atoms with E-state index in [-0.39, 0.29) is 5.75 Å². The van der Waals surface area contributed by atoms with E-state index in [9.17, 15) is 4.79 Å². The van der Waals surface area contributed by atoms with Crippen LogP contribution in [0.25, 0.3) is 0 Å². The molecule has 1 heterocycles. The van der Waals surface area contributed by atoms with Crippen LogP contribution in [-0.2, 0) is 11.4 Å². The van der Waals surface area contributed by atoms with Gasteiger partial charge in [0.05, 0.1) is 0 Å². The summed E-state index contributed by atoms with van der Waals surface area (Å²) in [4.78, 5) is 10.7. The summed E-state index contributed by atoms with van der Waals surface area (Å²) in [6, 6.07) is 10.1. The molecule has 0 aliphatic rings. The lowest BCUT2D eigenvalue weighted by atomic mass is 10.3. The van der Waals surface area contributed by atoms with Crippen molar-refractivity contribution < 1.29 is 19.4 Å². The van der Waals surface area contributed by atoms with Gasteiger partial charge in [-0.3, -0.25) is 0 Å². The van der Waals surface area contributed by atoms with Gasteiger partial charge in [0.15, 0.2) is 0 Å². The summed E-state index contributed by atoms with van der Waals surface area (Å²) in [5.41, 5.74) is 1.06. The largest absolute Gasteiger partial charge is 0.489 e. The zero-order valence-electron chi connectivity index (χ0n) is 10.4. The van der Waals surface area contributed by atoms with E-state index in [0.717, 1.165) is 5.56 Å². The van der Waals surface area contributed by atoms with Crippen molar-refractivity contribution in [2.24, 2.45) is 0 Å². The van der Waals surface area contributed by atoms with Crippen LogP contribution in [-0.4, -0.2) is 17.2 Å². The molecular weight excluding hydrogens is 278 g/mol. The minimum atomic E-state index is -1.53. The predicted molar refractivity (Wildman–Crippen MR) is 72.8 cm³/mol. The van der Waals surface area contributed by atoms with Crippen molar-refractivity contribution in [3.8, 4) is 17.6 Å². The molecule has 2 rings (SSSR count). The molecule has 0 saturated carbocycles. The fourth-order valence-electron chi connectivity index (χ4n) is 1.45. The van der Waals surface area contributed by atoms with Gasteiger partial charge in [-0.25, -0.2) is 4.79 Å². The number of rotatable bonds is 6. The minimum Gasteiger partial charge on any atom is -0.489 e. The molecule has 1 N–H and O–H groups in total. The van der Waals surface area contributed by atoms with Crippen LogP contribution in [0.5, 0.6) is 11.5 Å². The fraction of sp³-hybridized carbons (Fsp3) is 0.143. The van der Waals surface area contributed by atoms with E-state index in [1.807, 2.05) is 16.8 Å². The van der Waals surface area contributed by atoms with Crippen molar-refractivity contribution >= 4 is 17.3 Å². The number of benzene rings is 1. The number of hydrogen-bond donors (Lipinski definition) is 1. The summed E-state index contributed by atoms with van der Waals surface area (Å²) in [5, 5.41) is 21.4. The molecule has 0 aliphatic heterocycles. The van der Waals surface area contributed by atoms with Crippen molar-refractivity contribution in [3.63, 3.8) is 0 Å². The molecule has 1 aromatic heterocycles. The highest BCUT2D eigenvalue weighted by atomic mass is 32.1. The maximum absolute atomic E-state index is 10.7. The molecule has 2 aromatic rings. The molecule has 5 nitrogen and oxygen atoms in total. The first-order chi connectivity index (χ1) is 9.69. The molecule has 20 heavy (non-hydrogen) atoms. The van der Waals surface area contributed by atoms with Crippen molar-refractivity contribution in [2.75, 3.05) is 0 Å². The van der Waals surface area contributed by atoms with Crippen LogP contribution in [0.1, 0.15) is 5.56 Å². The number of carboxylic acid groups (broad SMARTS) is 1. The Morgan fingerprint density at radius 1 is 1.40 bits per heavy atom. The smallest absolute Gasteiger partial charge is 0.359 e. The van der Waals surface area contributed by atoms with Crippen LogP contribution in [0.3, 0.4) is 0 Å². The Hall–Kier alpha value is -2.52. The number of nitrogens with zero attached hydrogens (tertiary/aromatic N) is 1. The van der Waals surface area contributed by atoms with Gasteiger partial charge in [0.25, 0.3) is 6.10 Å². The second-order valence-electron chi connectivity index (χ2n) is 3.86. The summed E-state index contributed by atoms with van der Waals surface area (Å²) in [6.45, 7) is 0.424. The van der Waals surface area contributed by atoms with Gasteiger partial charge >= 0.3 is 5.97 Å². The van der Waals surface area contributed by atoms with Crippen LogP contribution < -0.4 is 9.47 Å². The van der Waals surface area contributed by atoms with Crippen LogP contribution in [0.2, 0.25) is 0 Å². The van der Waals surface area contributed by atoms with Gasteiger partial charge in [0.1, 0.15) is 24.2 Å². The van der Waals surface area contributed by atoms with E-state index in [2.05, 4.69) is 0 Å². The lowest BCUT2D eigenvalue weighted by molar-refractivity contribution is -0.142. The molecule has 0 aliphatic carbocycles. The molecule has 0 bridgehead atoms. The lowest BCUT2D eigenvalue weighted by Crippen LogP contribution is -2.24. The van der Waals surface area contributed by atoms with Gasteiger partial charge in [0.2, 0.25) is 0 Å². The van der Waals surface area contributed by atoms with Crippen molar-refractivity contribution in [3.05, 3.63) is 46.7 Å². The second-order valence-corrected chi connectivity index (χ2v) is 4.64. The first kappa shape index (κ1) is 13.9. The zero-order chi connectivity index (χ0) is 14.4. The highest BCUT2D eigenvalue weighted by molar-refractivity contribution is 7.07. The molecule has 1 atom stereocenters.